The fourth-order valence-corrected chi connectivity index (χ4v) is 9.89. The zero-order valence-corrected chi connectivity index (χ0v) is 40.9. The van der Waals surface area contributed by atoms with Crippen molar-refractivity contribution in [3.05, 3.63) is 192 Å². The number of phenolic OH excluding ortho intramolecular Hbond substituents is 1. The third kappa shape index (κ3) is 12.7. The third-order valence-corrected chi connectivity index (χ3v) is 13.6. The number of methoxy groups -OCH3 is 1. The molecule has 0 aromatic heterocycles. The lowest BCUT2D eigenvalue weighted by molar-refractivity contribution is 0.183. The number of piperidine rings is 2. The summed E-state index contributed by atoms with van der Waals surface area (Å²) in [6.07, 6.45) is 9.21. The number of halogens is 3. The first kappa shape index (κ1) is 50.0. The zero-order chi connectivity index (χ0) is 47.4. The summed E-state index contributed by atoms with van der Waals surface area (Å²) in [5, 5.41) is 14.1. The number of rotatable bonds is 15. The maximum atomic E-state index is 14.8. The number of aromatic hydroxyl groups is 1. The van der Waals surface area contributed by atoms with E-state index < -0.39 is 0 Å². The van der Waals surface area contributed by atoms with Gasteiger partial charge in [-0.2, -0.15) is 0 Å². The molecule has 2 heterocycles. The van der Waals surface area contributed by atoms with E-state index in [0.29, 0.717) is 37.2 Å². The first-order valence-electron chi connectivity index (χ1n) is 24.6. The van der Waals surface area contributed by atoms with Crippen molar-refractivity contribution in [1.29, 1.82) is 0 Å². The Kier molecular flexibility index (Phi) is 17.4. The normalized spacial score (nSPS) is 14.1. The summed E-state index contributed by atoms with van der Waals surface area (Å²) in [7, 11) is 1.67. The minimum absolute atomic E-state index is 0. The molecule has 0 atom stereocenters. The van der Waals surface area contributed by atoms with Crippen LogP contribution in [0.4, 0.5) is 8.78 Å². The molecule has 0 amide bonds. The molecule has 1 N–H and O–H groups in total. The van der Waals surface area contributed by atoms with Crippen LogP contribution in [0.1, 0.15) is 60.8 Å². The van der Waals surface area contributed by atoms with Crippen LogP contribution in [0, 0.1) is 11.6 Å². The molecule has 2 fully saturated rings. The molecule has 0 unspecified atom stereocenters. The molecular weight excluding hydrogens is 898 g/mol. The van der Waals surface area contributed by atoms with E-state index in [1.807, 2.05) is 91.0 Å². The topological polar surface area (TPSA) is 54.4 Å². The molecule has 362 valence electrons. The van der Waals surface area contributed by atoms with Crippen LogP contribution in [0.5, 0.6) is 23.0 Å². The van der Waals surface area contributed by atoms with Gasteiger partial charge in [0.05, 0.1) is 7.11 Å². The molecule has 2 aliphatic heterocycles. The predicted molar refractivity (Wildman–Crippen MR) is 284 cm³/mol. The number of ether oxygens (including phenoxy) is 3. The molecule has 8 aromatic rings. The largest absolute Gasteiger partial charge is 0.508 e. The smallest absolute Gasteiger partial charge is 0.131 e. The lowest BCUT2D eigenvalue weighted by atomic mass is 9.90. The number of benzene rings is 8. The highest BCUT2D eigenvalue weighted by atomic mass is 35.5. The van der Waals surface area contributed by atoms with Crippen molar-refractivity contribution in [3.63, 3.8) is 0 Å². The second-order valence-corrected chi connectivity index (χ2v) is 18.3. The summed E-state index contributed by atoms with van der Waals surface area (Å²) in [4.78, 5) is 4.96. The monoisotopic (exact) mass is 960 g/mol. The van der Waals surface area contributed by atoms with E-state index in [0.717, 1.165) is 85.3 Å². The van der Waals surface area contributed by atoms with E-state index in [4.69, 9.17) is 14.2 Å². The van der Waals surface area contributed by atoms with Gasteiger partial charge < -0.3 is 19.3 Å². The minimum Gasteiger partial charge on any atom is -0.508 e. The lowest BCUT2D eigenvalue weighted by Crippen LogP contribution is -2.33. The Labute approximate surface area is 417 Å². The minimum atomic E-state index is -0.237. The second kappa shape index (κ2) is 24.4. The first-order chi connectivity index (χ1) is 33.9. The molecule has 0 spiro atoms. The van der Waals surface area contributed by atoms with Crippen LogP contribution in [0.2, 0.25) is 0 Å². The molecule has 0 radical (unpaired) electrons. The number of hydrogen-bond donors (Lipinski definition) is 1. The van der Waals surface area contributed by atoms with Crippen LogP contribution in [0.3, 0.4) is 0 Å². The van der Waals surface area contributed by atoms with Crippen LogP contribution in [-0.4, -0.2) is 74.5 Å². The van der Waals surface area contributed by atoms with E-state index >= 15 is 0 Å². The highest BCUT2D eigenvalue weighted by Gasteiger charge is 2.17. The van der Waals surface area contributed by atoms with Gasteiger partial charge in [-0.25, -0.2) is 8.78 Å². The summed E-state index contributed by atoms with van der Waals surface area (Å²) in [5.74, 6) is 2.36. The number of fused-ring (bicyclic) bond motifs is 2. The quantitative estimate of drug-likeness (QED) is 0.110. The van der Waals surface area contributed by atoms with Crippen LogP contribution in [0.15, 0.2) is 158 Å². The SMILES string of the molecule is COc1ccc2c(Cc3ccc(OCCN4CCCCC4)cc3)c(-c3ccccc3F)ccc2c1.Cl.Oc1ccc2c(Cc3ccc(OCCN4CCCCC4)cc3)c(-c3ccccc3F)ccc2c1. The maximum absolute atomic E-state index is 14.8. The Morgan fingerprint density at radius 2 is 0.886 bits per heavy atom. The van der Waals surface area contributed by atoms with Gasteiger partial charge in [0.1, 0.15) is 47.8 Å². The van der Waals surface area contributed by atoms with Crippen molar-refractivity contribution in [2.75, 3.05) is 59.6 Å². The van der Waals surface area contributed by atoms with Gasteiger partial charge in [0, 0.05) is 24.2 Å². The molecule has 8 aromatic carbocycles. The van der Waals surface area contributed by atoms with Crippen molar-refractivity contribution in [2.45, 2.75) is 51.4 Å². The molecule has 0 bridgehead atoms. The van der Waals surface area contributed by atoms with Crippen LogP contribution in [-0.2, 0) is 12.8 Å². The molecule has 0 saturated carbocycles. The zero-order valence-electron chi connectivity index (χ0n) is 40.1. The van der Waals surface area contributed by atoms with Gasteiger partial charge in [-0.05, 0) is 180 Å². The van der Waals surface area contributed by atoms with E-state index in [-0.39, 0.29) is 29.8 Å². The fourth-order valence-electron chi connectivity index (χ4n) is 9.89. The predicted octanol–water partition coefficient (Wildman–Crippen LogP) is 14.3. The molecule has 2 aliphatic rings. The molecule has 6 nitrogen and oxygen atoms in total. The molecule has 9 heteroatoms. The Hall–Kier alpha value is -6.45. The Balaban J connectivity index is 0.000000186. The Bertz CT molecular complexity index is 2950. The van der Waals surface area contributed by atoms with Gasteiger partial charge >= 0.3 is 0 Å². The van der Waals surface area contributed by atoms with Crippen molar-refractivity contribution >= 4 is 34.0 Å². The van der Waals surface area contributed by atoms with E-state index in [2.05, 4.69) is 40.1 Å². The van der Waals surface area contributed by atoms with Crippen molar-refractivity contribution in [1.82, 2.24) is 9.80 Å². The highest BCUT2D eigenvalue weighted by molar-refractivity contribution is 5.94. The summed E-state index contributed by atoms with van der Waals surface area (Å²) in [6, 6.07) is 49.8. The number of phenols is 1. The summed E-state index contributed by atoms with van der Waals surface area (Å²) >= 11 is 0. The van der Waals surface area contributed by atoms with Gasteiger partial charge in [-0.1, -0.05) is 110 Å². The lowest BCUT2D eigenvalue weighted by Gasteiger charge is -2.26. The molecule has 2 saturated heterocycles. The molecule has 0 aliphatic carbocycles. The highest BCUT2D eigenvalue weighted by Crippen LogP contribution is 2.37. The second-order valence-electron chi connectivity index (χ2n) is 18.3. The summed E-state index contributed by atoms with van der Waals surface area (Å²) < 4.78 is 46.9. The van der Waals surface area contributed by atoms with Gasteiger partial charge in [0.2, 0.25) is 0 Å². The van der Waals surface area contributed by atoms with Crippen LogP contribution in [0.25, 0.3) is 43.8 Å². The number of nitrogens with zero attached hydrogens (tertiary/aromatic N) is 2. The molecule has 10 rings (SSSR count). The van der Waals surface area contributed by atoms with Crippen molar-refractivity contribution in [2.24, 2.45) is 0 Å². The summed E-state index contributed by atoms with van der Waals surface area (Å²) in [5.41, 5.74) is 7.44. The van der Waals surface area contributed by atoms with Gasteiger partial charge in [0.15, 0.2) is 0 Å². The standard InChI is InChI=1S/C31H32FNO2.C30H30FNO2.ClH/c1-34-26-14-16-27-24(22-26)11-15-28(29-7-3-4-8-31(29)32)30(27)21-23-9-12-25(13-10-23)35-20-19-33-17-5-2-6-18-33;31-30-7-3-2-6-28(30)27-14-10-23-21-24(33)11-15-26(23)29(27)20-22-8-12-25(13-9-22)34-19-18-32-16-4-1-5-17-32;/h3-4,7-16,22H,2,5-6,17-21H2,1H3;2-3,6-15,21,33H,1,4-5,16-20H2;1H. The van der Waals surface area contributed by atoms with E-state index in [1.165, 1.54) is 76.8 Å². The van der Waals surface area contributed by atoms with Crippen LogP contribution < -0.4 is 14.2 Å². The number of likely N-dealkylation sites (tertiary alicyclic amines) is 2. The first-order valence-corrected chi connectivity index (χ1v) is 24.6. The number of hydrogen-bond acceptors (Lipinski definition) is 6. The van der Waals surface area contributed by atoms with Crippen LogP contribution >= 0.6 is 12.4 Å². The van der Waals surface area contributed by atoms with Crippen molar-refractivity contribution < 1.29 is 28.1 Å². The van der Waals surface area contributed by atoms with Gasteiger partial charge in [-0.3, -0.25) is 9.80 Å². The average molecular weight is 962 g/mol. The maximum Gasteiger partial charge on any atom is 0.131 e. The molecular formula is C61H63ClF2N2O4. The molecule has 70 heavy (non-hydrogen) atoms. The fraction of sp³-hybridized carbons (Fsp3) is 0.279. The van der Waals surface area contributed by atoms with Gasteiger partial charge in [-0.15, -0.1) is 12.4 Å². The van der Waals surface area contributed by atoms with E-state index in [1.54, 1.807) is 31.4 Å². The van der Waals surface area contributed by atoms with Crippen molar-refractivity contribution in [3.8, 4) is 45.3 Å². The Morgan fingerprint density at radius 3 is 1.34 bits per heavy atom. The Morgan fingerprint density at radius 1 is 0.457 bits per heavy atom. The third-order valence-electron chi connectivity index (χ3n) is 13.6. The summed E-state index contributed by atoms with van der Waals surface area (Å²) in [6.45, 7) is 8.08. The van der Waals surface area contributed by atoms with E-state index in [9.17, 15) is 13.9 Å². The van der Waals surface area contributed by atoms with Gasteiger partial charge in [0.25, 0.3) is 0 Å². The average Bonchev–Trinajstić information content (AvgIpc) is 3.38.